The highest BCUT2D eigenvalue weighted by molar-refractivity contribution is 5.89. The highest BCUT2D eigenvalue weighted by atomic mass is 16.6. The Morgan fingerprint density at radius 3 is 2.27 bits per heavy atom. The van der Waals surface area contributed by atoms with E-state index in [1.54, 1.807) is 27.7 Å². The molecule has 0 saturated carbocycles. The van der Waals surface area contributed by atoms with Gasteiger partial charge in [0.2, 0.25) is 5.91 Å². The van der Waals surface area contributed by atoms with E-state index in [9.17, 15) is 19.5 Å². The Balaban J connectivity index is 2.99. The second kappa shape index (κ2) is 9.07. The molecule has 0 aliphatic heterocycles. The van der Waals surface area contributed by atoms with E-state index in [1.807, 2.05) is 0 Å². The number of hydrogen-bond acceptors (Lipinski definition) is 6. The van der Waals surface area contributed by atoms with Crippen molar-refractivity contribution in [2.24, 2.45) is 0 Å². The Kier molecular flexibility index (Phi) is 7.42. The topological polar surface area (TPSA) is 105 Å². The number of nitrogens with one attached hydrogen (secondary N) is 1. The lowest BCUT2D eigenvalue weighted by Gasteiger charge is -2.26. The summed E-state index contributed by atoms with van der Waals surface area (Å²) in [6.07, 6.45) is -0.770. The number of ether oxygens (including phenoxy) is 2. The average molecular weight is 366 g/mol. The van der Waals surface area contributed by atoms with Crippen LogP contribution >= 0.6 is 0 Å². The summed E-state index contributed by atoms with van der Waals surface area (Å²) in [5.74, 6) is -1.04. The first kappa shape index (κ1) is 21.3. The van der Waals surface area contributed by atoms with Gasteiger partial charge in [-0.1, -0.05) is 12.1 Å². The molecular formula is C18H26N2O6. The number of rotatable bonds is 6. The molecule has 0 radical (unpaired) electrons. The Bertz CT molecular complexity index is 636. The monoisotopic (exact) mass is 366 g/mol. The summed E-state index contributed by atoms with van der Waals surface area (Å²) in [5.41, 5.74) is -0.293. The van der Waals surface area contributed by atoms with Crippen LogP contribution < -0.4 is 5.32 Å². The molecule has 2 amide bonds. The van der Waals surface area contributed by atoms with Crippen molar-refractivity contribution in [1.82, 2.24) is 10.2 Å². The van der Waals surface area contributed by atoms with Crippen LogP contribution in [0.4, 0.5) is 4.79 Å². The third kappa shape index (κ3) is 7.00. The molecule has 0 saturated heterocycles. The Labute approximate surface area is 153 Å². The number of phenolic OH excluding ortho intramolecular Hbond substituents is 1. The zero-order valence-electron chi connectivity index (χ0n) is 15.7. The molecule has 1 aromatic carbocycles. The van der Waals surface area contributed by atoms with Gasteiger partial charge in [-0.25, -0.2) is 4.79 Å². The molecule has 0 spiro atoms. The van der Waals surface area contributed by atoms with Gasteiger partial charge in [-0.3, -0.25) is 9.59 Å². The Morgan fingerprint density at radius 1 is 1.19 bits per heavy atom. The zero-order chi connectivity index (χ0) is 19.9. The molecule has 0 aliphatic rings. The van der Waals surface area contributed by atoms with Crippen molar-refractivity contribution < 1.29 is 29.0 Å². The maximum atomic E-state index is 12.8. The Hall–Kier alpha value is -2.77. The molecule has 2 N–H and O–H groups in total. The van der Waals surface area contributed by atoms with Crippen molar-refractivity contribution in [3.05, 3.63) is 29.8 Å². The number of phenols is 1. The van der Waals surface area contributed by atoms with Crippen LogP contribution in [0.15, 0.2) is 24.3 Å². The van der Waals surface area contributed by atoms with Crippen molar-refractivity contribution in [3.8, 4) is 5.75 Å². The number of esters is 1. The molecule has 8 heteroatoms. The minimum Gasteiger partial charge on any atom is -0.508 e. The predicted octanol–water partition coefficient (Wildman–Crippen LogP) is 1.98. The van der Waals surface area contributed by atoms with Gasteiger partial charge in [0.1, 0.15) is 23.9 Å². The zero-order valence-corrected chi connectivity index (χ0v) is 15.7. The molecule has 0 fully saturated rings. The predicted molar refractivity (Wildman–Crippen MR) is 94.5 cm³/mol. The fourth-order valence-corrected chi connectivity index (χ4v) is 2.08. The third-order valence-electron chi connectivity index (χ3n) is 3.18. The van der Waals surface area contributed by atoms with Crippen LogP contribution in [0.25, 0.3) is 0 Å². The molecule has 0 aliphatic carbocycles. The van der Waals surface area contributed by atoms with Gasteiger partial charge in [0.15, 0.2) is 0 Å². The number of carbonyl (C=O) groups is 3. The van der Waals surface area contributed by atoms with Crippen LogP contribution in [0.2, 0.25) is 0 Å². The molecule has 1 atom stereocenters. The smallest absolute Gasteiger partial charge is 0.408 e. The molecule has 26 heavy (non-hydrogen) atoms. The molecular weight excluding hydrogens is 340 g/mol. The summed E-state index contributed by atoms with van der Waals surface area (Å²) < 4.78 is 10.0. The van der Waals surface area contributed by atoms with Gasteiger partial charge in [0, 0.05) is 7.05 Å². The van der Waals surface area contributed by atoms with Crippen molar-refractivity contribution in [3.63, 3.8) is 0 Å². The lowest BCUT2D eigenvalue weighted by Crippen LogP contribution is -2.44. The van der Waals surface area contributed by atoms with E-state index in [2.05, 4.69) is 5.32 Å². The molecule has 1 rings (SSSR count). The summed E-state index contributed by atoms with van der Waals surface area (Å²) in [7, 11) is 1.43. The number of hydrogen-bond donors (Lipinski definition) is 2. The molecule has 1 aromatic rings. The van der Waals surface area contributed by atoms with E-state index >= 15 is 0 Å². The Morgan fingerprint density at radius 2 is 1.77 bits per heavy atom. The maximum Gasteiger partial charge on any atom is 0.408 e. The van der Waals surface area contributed by atoms with E-state index in [4.69, 9.17) is 9.47 Å². The largest absolute Gasteiger partial charge is 0.508 e. The number of aromatic hydroxyl groups is 1. The number of benzene rings is 1. The lowest BCUT2D eigenvalue weighted by atomic mass is 10.1. The third-order valence-corrected chi connectivity index (χ3v) is 3.18. The number of amides is 2. The van der Waals surface area contributed by atoms with Crippen LogP contribution in [0.5, 0.6) is 5.75 Å². The van der Waals surface area contributed by atoms with Crippen LogP contribution in [0.3, 0.4) is 0 Å². The first-order valence-electron chi connectivity index (χ1n) is 8.22. The van der Waals surface area contributed by atoms with Crippen molar-refractivity contribution >= 4 is 18.0 Å². The number of likely N-dealkylation sites (N-methyl/N-ethyl adjacent to an activating group) is 1. The number of alkyl carbamates (subject to hydrolysis) is 1. The van der Waals surface area contributed by atoms with E-state index in [0.29, 0.717) is 5.56 Å². The normalized spacial score (nSPS) is 12.0. The lowest BCUT2D eigenvalue weighted by molar-refractivity contribution is -0.148. The average Bonchev–Trinajstić information content (AvgIpc) is 2.51. The van der Waals surface area contributed by atoms with Crippen molar-refractivity contribution in [2.45, 2.75) is 39.3 Å². The molecule has 0 unspecified atom stereocenters. The fraction of sp³-hybridized carbons (Fsp3) is 0.500. The highest BCUT2D eigenvalue weighted by Gasteiger charge is 2.29. The van der Waals surface area contributed by atoms with Crippen LogP contribution in [-0.2, 0) is 19.1 Å². The van der Waals surface area contributed by atoms with Gasteiger partial charge in [0.25, 0.3) is 0 Å². The minimum absolute atomic E-state index is 0.0251. The quantitative estimate of drug-likeness (QED) is 0.746. The second-order valence-corrected chi connectivity index (χ2v) is 6.67. The summed E-state index contributed by atoms with van der Waals surface area (Å²) in [5, 5.41) is 11.9. The summed E-state index contributed by atoms with van der Waals surface area (Å²) in [6.45, 7) is 6.74. The van der Waals surface area contributed by atoms with Gasteiger partial charge in [-0.05, 0) is 45.4 Å². The minimum atomic E-state index is -1.08. The van der Waals surface area contributed by atoms with Crippen LogP contribution in [0, 0.1) is 0 Å². The van der Waals surface area contributed by atoms with Gasteiger partial charge < -0.3 is 24.8 Å². The highest BCUT2D eigenvalue weighted by Crippen LogP contribution is 2.20. The molecule has 0 bridgehead atoms. The van der Waals surface area contributed by atoms with Crippen LogP contribution in [0.1, 0.15) is 39.3 Å². The van der Waals surface area contributed by atoms with E-state index in [0.717, 1.165) is 4.90 Å². The fourth-order valence-electron chi connectivity index (χ4n) is 2.08. The molecule has 144 valence electrons. The van der Waals surface area contributed by atoms with Gasteiger partial charge in [0.05, 0.1) is 6.61 Å². The van der Waals surface area contributed by atoms with E-state index in [-0.39, 0.29) is 18.9 Å². The second-order valence-electron chi connectivity index (χ2n) is 6.67. The molecule has 0 heterocycles. The summed E-state index contributed by atoms with van der Waals surface area (Å²) >= 11 is 0. The number of nitrogens with zero attached hydrogens (tertiary/aromatic N) is 1. The van der Waals surface area contributed by atoms with Gasteiger partial charge in [-0.15, -0.1) is 0 Å². The number of carbonyl (C=O) groups excluding carboxylic acids is 3. The molecule has 0 aromatic heterocycles. The maximum absolute atomic E-state index is 12.8. The van der Waals surface area contributed by atoms with Crippen LogP contribution in [-0.4, -0.2) is 53.8 Å². The standard InChI is InChI=1S/C18H26N2O6/c1-6-25-14(22)11-20(5)16(23)15(12-7-9-13(21)10-8-12)19-17(24)26-18(2,3)4/h7-10,15,21H,6,11H2,1-5H3,(H,19,24)/t15-/m1/s1. The summed E-state index contributed by atoms with van der Waals surface area (Å²) in [6, 6.07) is 4.74. The van der Waals surface area contributed by atoms with Gasteiger partial charge in [-0.2, -0.15) is 0 Å². The van der Waals surface area contributed by atoms with Gasteiger partial charge >= 0.3 is 12.1 Å². The molecule has 8 nitrogen and oxygen atoms in total. The SMILES string of the molecule is CCOC(=O)CN(C)C(=O)[C@H](NC(=O)OC(C)(C)C)c1ccc(O)cc1. The van der Waals surface area contributed by atoms with Crippen molar-refractivity contribution in [2.75, 3.05) is 20.2 Å². The summed E-state index contributed by atoms with van der Waals surface area (Å²) in [4.78, 5) is 37.6. The first-order chi connectivity index (χ1) is 12.0. The van der Waals surface area contributed by atoms with Crippen molar-refractivity contribution in [1.29, 1.82) is 0 Å². The first-order valence-corrected chi connectivity index (χ1v) is 8.22. The van der Waals surface area contributed by atoms with E-state index < -0.39 is 29.6 Å². The van der Waals surface area contributed by atoms with E-state index in [1.165, 1.54) is 31.3 Å².